The Hall–Kier alpha value is -2.36. The predicted molar refractivity (Wildman–Crippen MR) is 68.4 cm³/mol. The lowest BCUT2D eigenvalue weighted by Crippen LogP contribution is -1.97. The largest absolute Gasteiger partial charge is 0.399 e. The van der Waals surface area contributed by atoms with Gasteiger partial charge in [0.2, 0.25) is 0 Å². The Labute approximate surface area is 98.6 Å². The molecule has 2 aromatic carbocycles. The third-order valence-corrected chi connectivity index (χ3v) is 2.35. The maximum absolute atomic E-state index is 12.7. The predicted octanol–water partition coefficient (Wildman–Crippen LogP) is 3.15. The molecule has 0 saturated heterocycles. The first kappa shape index (κ1) is 11.1. The molecule has 4 N–H and O–H groups in total. The van der Waals surface area contributed by atoms with E-state index in [0.717, 1.165) is 11.4 Å². The standard InChI is InChI=1S/C13H12FN3/c14-10-1-4-12(5-2-10)17-13-6-3-11(16)7-9(13)8-15/h1-8,15,17H,16H2. The monoisotopic (exact) mass is 229 g/mol. The van der Waals surface area contributed by atoms with Gasteiger partial charge in [-0.2, -0.15) is 0 Å². The first-order chi connectivity index (χ1) is 8.19. The zero-order chi connectivity index (χ0) is 12.3. The van der Waals surface area contributed by atoms with Gasteiger partial charge in [0.15, 0.2) is 0 Å². The van der Waals surface area contributed by atoms with Crippen molar-refractivity contribution in [2.45, 2.75) is 0 Å². The molecule has 0 aliphatic carbocycles. The normalized spacial score (nSPS) is 9.94. The van der Waals surface area contributed by atoms with Gasteiger partial charge in [-0.1, -0.05) is 0 Å². The van der Waals surface area contributed by atoms with Gasteiger partial charge in [-0.05, 0) is 42.5 Å². The highest BCUT2D eigenvalue weighted by Gasteiger charge is 2.01. The Morgan fingerprint density at radius 3 is 2.47 bits per heavy atom. The van der Waals surface area contributed by atoms with Gasteiger partial charge in [-0.15, -0.1) is 0 Å². The fourth-order valence-electron chi connectivity index (χ4n) is 1.50. The number of halogens is 1. The highest BCUT2D eigenvalue weighted by atomic mass is 19.1. The molecule has 86 valence electrons. The molecule has 0 heterocycles. The van der Waals surface area contributed by atoms with Crippen molar-refractivity contribution in [1.29, 1.82) is 5.41 Å². The fraction of sp³-hybridized carbons (Fsp3) is 0. The van der Waals surface area contributed by atoms with Crippen molar-refractivity contribution in [2.24, 2.45) is 0 Å². The summed E-state index contributed by atoms with van der Waals surface area (Å²) in [7, 11) is 0. The molecule has 2 rings (SSSR count). The number of benzene rings is 2. The molecule has 0 aromatic heterocycles. The van der Waals surface area contributed by atoms with Crippen LogP contribution in [0.1, 0.15) is 5.56 Å². The van der Waals surface area contributed by atoms with E-state index in [-0.39, 0.29) is 5.82 Å². The van der Waals surface area contributed by atoms with Crippen molar-refractivity contribution in [3.8, 4) is 0 Å². The minimum absolute atomic E-state index is 0.278. The summed E-state index contributed by atoms with van der Waals surface area (Å²) in [6, 6.07) is 11.3. The minimum atomic E-state index is -0.278. The van der Waals surface area contributed by atoms with Crippen LogP contribution in [0.3, 0.4) is 0 Å². The first-order valence-electron chi connectivity index (χ1n) is 5.11. The summed E-state index contributed by atoms with van der Waals surface area (Å²) in [5.74, 6) is -0.278. The average molecular weight is 229 g/mol. The highest BCUT2D eigenvalue weighted by Crippen LogP contribution is 2.22. The van der Waals surface area contributed by atoms with E-state index in [2.05, 4.69) is 5.32 Å². The molecule has 0 saturated carbocycles. The second-order valence-corrected chi connectivity index (χ2v) is 3.62. The van der Waals surface area contributed by atoms with Crippen LogP contribution in [-0.4, -0.2) is 6.21 Å². The quantitative estimate of drug-likeness (QED) is 0.559. The van der Waals surface area contributed by atoms with Crippen LogP contribution in [0, 0.1) is 11.2 Å². The number of nitrogens with one attached hydrogen (secondary N) is 2. The lowest BCUT2D eigenvalue weighted by Gasteiger charge is -2.09. The topological polar surface area (TPSA) is 61.9 Å². The Bertz CT molecular complexity index is 535. The van der Waals surface area contributed by atoms with Crippen molar-refractivity contribution < 1.29 is 4.39 Å². The average Bonchev–Trinajstić information content (AvgIpc) is 2.34. The molecule has 0 spiro atoms. The minimum Gasteiger partial charge on any atom is -0.399 e. The Balaban J connectivity index is 2.29. The van der Waals surface area contributed by atoms with Crippen LogP contribution in [-0.2, 0) is 0 Å². The molecule has 3 nitrogen and oxygen atoms in total. The SMILES string of the molecule is N=Cc1cc(N)ccc1Nc1ccc(F)cc1. The lowest BCUT2D eigenvalue weighted by molar-refractivity contribution is 0.628. The van der Waals surface area contributed by atoms with E-state index in [1.807, 2.05) is 0 Å². The number of hydrogen-bond donors (Lipinski definition) is 3. The molecule has 0 aliphatic heterocycles. The first-order valence-corrected chi connectivity index (χ1v) is 5.11. The van der Waals surface area contributed by atoms with Gasteiger partial charge >= 0.3 is 0 Å². The Kier molecular flexibility index (Phi) is 3.05. The Morgan fingerprint density at radius 2 is 1.82 bits per heavy atom. The van der Waals surface area contributed by atoms with E-state index in [9.17, 15) is 4.39 Å². The van der Waals surface area contributed by atoms with Crippen molar-refractivity contribution in [2.75, 3.05) is 11.1 Å². The van der Waals surface area contributed by atoms with Crippen molar-refractivity contribution in [3.63, 3.8) is 0 Å². The van der Waals surface area contributed by atoms with Crippen LogP contribution in [0.4, 0.5) is 21.5 Å². The molecular weight excluding hydrogens is 217 g/mol. The van der Waals surface area contributed by atoms with Gasteiger partial charge in [-0.3, -0.25) is 0 Å². The second kappa shape index (κ2) is 4.65. The van der Waals surface area contributed by atoms with Crippen LogP contribution >= 0.6 is 0 Å². The Morgan fingerprint density at radius 1 is 1.12 bits per heavy atom. The van der Waals surface area contributed by atoms with Gasteiger partial charge in [0, 0.05) is 28.8 Å². The molecule has 2 aromatic rings. The molecule has 0 unspecified atom stereocenters. The van der Waals surface area contributed by atoms with E-state index >= 15 is 0 Å². The van der Waals surface area contributed by atoms with Crippen LogP contribution < -0.4 is 11.1 Å². The van der Waals surface area contributed by atoms with E-state index in [1.165, 1.54) is 18.3 Å². The fourth-order valence-corrected chi connectivity index (χ4v) is 1.50. The number of nitrogen functional groups attached to an aromatic ring is 1. The van der Waals surface area contributed by atoms with Gasteiger partial charge in [0.25, 0.3) is 0 Å². The molecule has 0 fully saturated rings. The summed E-state index contributed by atoms with van der Waals surface area (Å²) >= 11 is 0. The van der Waals surface area contributed by atoms with Crippen molar-refractivity contribution in [3.05, 3.63) is 53.8 Å². The third-order valence-electron chi connectivity index (χ3n) is 2.35. The molecule has 4 heteroatoms. The van der Waals surface area contributed by atoms with Crippen LogP contribution in [0.15, 0.2) is 42.5 Å². The molecule has 0 aliphatic rings. The van der Waals surface area contributed by atoms with Gasteiger partial charge in [0.1, 0.15) is 5.82 Å². The zero-order valence-electron chi connectivity index (χ0n) is 9.07. The highest BCUT2D eigenvalue weighted by molar-refractivity contribution is 5.88. The van der Waals surface area contributed by atoms with Crippen molar-refractivity contribution >= 4 is 23.3 Å². The van der Waals surface area contributed by atoms with Crippen LogP contribution in [0.5, 0.6) is 0 Å². The summed E-state index contributed by atoms with van der Waals surface area (Å²) < 4.78 is 12.7. The molecule has 0 bridgehead atoms. The summed E-state index contributed by atoms with van der Waals surface area (Å²) in [5.41, 5.74) is 8.46. The number of nitrogens with two attached hydrogens (primary N) is 1. The summed E-state index contributed by atoms with van der Waals surface area (Å²) in [6.45, 7) is 0. The molecule has 17 heavy (non-hydrogen) atoms. The van der Waals surface area contributed by atoms with Gasteiger partial charge < -0.3 is 16.5 Å². The lowest BCUT2D eigenvalue weighted by atomic mass is 10.1. The van der Waals surface area contributed by atoms with E-state index in [0.29, 0.717) is 11.3 Å². The summed E-state index contributed by atoms with van der Waals surface area (Å²) in [6.07, 6.45) is 1.22. The maximum Gasteiger partial charge on any atom is 0.123 e. The molecule has 0 atom stereocenters. The van der Waals surface area contributed by atoms with E-state index in [1.54, 1.807) is 30.3 Å². The number of rotatable bonds is 3. The van der Waals surface area contributed by atoms with E-state index < -0.39 is 0 Å². The van der Waals surface area contributed by atoms with Crippen molar-refractivity contribution in [1.82, 2.24) is 0 Å². The summed E-state index contributed by atoms with van der Waals surface area (Å²) in [5, 5.41) is 10.4. The molecule has 0 radical (unpaired) electrons. The second-order valence-electron chi connectivity index (χ2n) is 3.62. The smallest absolute Gasteiger partial charge is 0.123 e. The third kappa shape index (κ3) is 2.60. The molecule has 0 amide bonds. The van der Waals surface area contributed by atoms with Gasteiger partial charge in [0.05, 0.1) is 0 Å². The number of hydrogen-bond acceptors (Lipinski definition) is 3. The van der Waals surface area contributed by atoms with Crippen LogP contribution in [0.2, 0.25) is 0 Å². The zero-order valence-corrected chi connectivity index (χ0v) is 9.07. The van der Waals surface area contributed by atoms with Gasteiger partial charge in [-0.25, -0.2) is 4.39 Å². The maximum atomic E-state index is 12.7. The molecular formula is C13H12FN3. The van der Waals surface area contributed by atoms with E-state index in [4.69, 9.17) is 11.1 Å². The summed E-state index contributed by atoms with van der Waals surface area (Å²) in [4.78, 5) is 0. The van der Waals surface area contributed by atoms with Crippen LogP contribution in [0.25, 0.3) is 0 Å². The number of anilines is 3.